The van der Waals surface area contributed by atoms with Crippen molar-refractivity contribution in [2.24, 2.45) is 0 Å². The minimum absolute atomic E-state index is 0.0261. The van der Waals surface area contributed by atoms with Crippen molar-refractivity contribution >= 4 is 5.69 Å². The Balaban J connectivity index is 2.52. The van der Waals surface area contributed by atoms with Crippen LogP contribution < -0.4 is 0 Å². The van der Waals surface area contributed by atoms with E-state index in [1.165, 1.54) is 12.1 Å². The molecule has 0 spiro atoms. The van der Waals surface area contributed by atoms with Crippen LogP contribution >= 0.6 is 0 Å². The molecule has 0 aliphatic rings. The molecule has 2 aromatic rings. The molecule has 0 amide bonds. The lowest BCUT2D eigenvalue weighted by molar-refractivity contribution is -0.384. The first-order valence-electron chi connectivity index (χ1n) is 5.00. The Morgan fingerprint density at radius 1 is 1.12 bits per heavy atom. The van der Waals surface area contributed by atoms with Crippen LogP contribution in [0.2, 0.25) is 0 Å². The standard InChI is InChI=1S/C11H10N4O2/c1-7-12-8(2)14-11(13-7)9-4-3-5-10(6-9)15(16)17/h3-6H,1-2H3. The summed E-state index contributed by atoms with van der Waals surface area (Å²) in [4.78, 5) is 22.6. The predicted molar refractivity (Wildman–Crippen MR) is 61.4 cm³/mol. The average Bonchev–Trinajstić information content (AvgIpc) is 2.28. The molecule has 2 rings (SSSR count). The summed E-state index contributed by atoms with van der Waals surface area (Å²) in [5.74, 6) is 1.65. The number of non-ortho nitro benzene ring substituents is 1. The summed E-state index contributed by atoms with van der Waals surface area (Å²) in [7, 11) is 0. The molecule has 1 aromatic heterocycles. The van der Waals surface area contributed by atoms with E-state index in [2.05, 4.69) is 15.0 Å². The van der Waals surface area contributed by atoms with Crippen molar-refractivity contribution in [3.63, 3.8) is 0 Å². The maximum absolute atomic E-state index is 10.7. The van der Waals surface area contributed by atoms with Crippen LogP contribution in [-0.4, -0.2) is 19.9 Å². The summed E-state index contributed by atoms with van der Waals surface area (Å²) in [6, 6.07) is 6.24. The molecule has 0 saturated carbocycles. The molecule has 0 N–H and O–H groups in total. The summed E-state index contributed by atoms with van der Waals surface area (Å²) in [6.07, 6.45) is 0. The summed E-state index contributed by atoms with van der Waals surface area (Å²) in [6.45, 7) is 3.52. The van der Waals surface area contributed by atoms with Crippen LogP contribution in [0, 0.1) is 24.0 Å². The number of rotatable bonds is 2. The summed E-state index contributed by atoms with van der Waals surface area (Å²) in [5.41, 5.74) is 0.644. The quantitative estimate of drug-likeness (QED) is 0.582. The molecule has 0 radical (unpaired) electrons. The van der Waals surface area contributed by atoms with E-state index in [9.17, 15) is 10.1 Å². The van der Waals surface area contributed by atoms with Gasteiger partial charge >= 0.3 is 0 Å². The predicted octanol–water partition coefficient (Wildman–Crippen LogP) is 2.06. The first-order chi connectivity index (χ1) is 8.06. The number of nitrogens with zero attached hydrogens (tertiary/aromatic N) is 4. The van der Waals surface area contributed by atoms with E-state index in [0.717, 1.165) is 0 Å². The molecule has 0 bridgehead atoms. The van der Waals surface area contributed by atoms with Gasteiger partial charge in [-0.25, -0.2) is 15.0 Å². The van der Waals surface area contributed by atoms with Crippen LogP contribution in [0.25, 0.3) is 11.4 Å². The molecule has 6 nitrogen and oxygen atoms in total. The van der Waals surface area contributed by atoms with Gasteiger partial charge in [-0.2, -0.15) is 0 Å². The van der Waals surface area contributed by atoms with Gasteiger partial charge in [-0.15, -0.1) is 0 Å². The van der Waals surface area contributed by atoms with Gasteiger partial charge < -0.3 is 0 Å². The van der Waals surface area contributed by atoms with Gasteiger partial charge in [0.15, 0.2) is 5.82 Å². The second-order valence-corrected chi connectivity index (χ2v) is 3.56. The van der Waals surface area contributed by atoms with E-state index in [0.29, 0.717) is 23.0 Å². The van der Waals surface area contributed by atoms with Gasteiger partial charge in [-0.1, -0.05) is 12.1 Å². The van der Waals surface area contributed by atoms with Crippen LogP contribution in [0.15, 0.2) is 24.3 Å². The molecule has 0 saturated heterocycles. The average molecular weight is 230 g/mol. The van der Waals surface area contributed by atoms with Gasteiger partial charge in [-0.05, 0) is 13.8 Å². The second-order valence-electron chi connectivity index (χ2n) is 3.56. The summed E-state index contributed by atoms with van der Waals surface area (Å²) >= 11 is 0. The maximum Gasteiger partial charge on any atom is 0.270 e. The van der Waals surface area contributed by atoms with Crippen LogP contribution in [0.1, 0.15) is 11.6 Å². The SMILES string of the molecule is Cc1nc(C)nc(-c2cccc([N+](=O)[O-])c2)n1. The first kappa shape index (κ1) is 11.1. The number of hydrogen-bond donors (Lipinski definition) is 0. The molecule has 17 heavy (non-hydrogen) atoms. The third kappa shape index (κ3) is 2.41. The minimum Gasteiger partial charge on any atom is -0.258 e. The Morgan fingerprint density at radius 2 is 1.76 bits per heavy atom. The lowest BCUT2D eigenvalue weighted by atomic mass is 10.2. The van der Waals surface area contributed by atoms with Crippen molar-refractivity contribution in [3.8, 4) is 11.4 Å². The number of nitro benzene ring substituents is 1. The van der Waals surface area contributed by atoms with Crippen LogP contribution in [0.4, 0.5) is 5.69 Å². The van der Waals surface area contributed by atoms with E-state index < -0.39 is 4.92 Å². The number of hydrogen-bond acceptors (Lipinski definition) is 5. The van der Waals surface area contributed by atoms with Crippen molar-refractivity contribution < 1.29 is 4.92 Å². The van der Waals surface area contributed by atoms with Gasteiger partial charge in [-0.3, -0.25) is 10.1 Å². The molecule has 1 aromatic carbocycles. The molecule has 0 atom stereocenters. The largest absolute Gasteiger partial charge is 0.270 e. The van der Waals surface area contributed by atoms with Crippen molar-refractivity contribution in [2.75, 3.05) is 0 Å². The highest BCUT2D eigenvalue weighted by molar-refractivity contribution is 5.58. The number of nitro groups is 1. The molecular formula is C11H10N4O2. The fraction of sp³-hybridized carbons (Fsp3) is 0.182. The molecule has 86 valence electrons. The van der Waals surface area contributed by atoms with Crippen molar-refractivity contribution in [1.29, 1.82) is 0 Å². The van der Waals surface area contributed by atoms with E-state index in [4.69, 9.17) is 0 Å². The zero-order valence-electron chi connectivity index (χ0n) is 9.41. The third-order valence-electron chi connectivity index (χ3n) is 2.17. The highest BCUT2D eigenvalue weighted by Gasteiger charge is 2.09. The molecule has 0 unspecified atom stereocenters. The number of aryl methyl sites for hydroxylation is 2. The maximum atomic E-state index is 10.7. The highest BCUT2D eigenvalue weighted by atomic mass is 16.6. The Bertz CT molecular complexity index is 563. The van der Waals surface area contributed by atoms with Crippen LogP contribution in [0.5, 0.6) is 0 Å². The lowest BCUT2D eigenvalue weighted by Crippen LogP contribution is -1.99. The van der Waals surface area contributed by atoms with Crippen molar-refractivity contribution in [1.82, 2.24) is 15.0 Å². The highest BCUT2D eigenvalue weighted by Crippen LogP contribution is 2.20. The molecular weight excluding hydrogens is 220 g/mol. The molecule has 1 heterocycles. The van der Waals surface area contributed by atoms with Crippen LogP contribution in [-0.2, 0) is 0 Å². The zero-order valence-corrected chi connectivity index (χ0v) is 9.41. The second kappa shape index (κ2) is 4.25. The fourth-order valence-electron chi connectivity index (χ4n) is 1.50. The van der Waals surface area contributed by atoms with Gasteiger partial charge in [0.25, 0.3) is 5.69 Å². The molecule has 0 aliphatic carbocycles. The lowest BCUT2D eigenvalue weighted by Gasteiger charge is -2.02. The fourth-order valence-corrected chi connectivity index (χ4v) is 1.50. The number of aromatic nitrogens is 3. The van der Waals surface area contributed by atoms with Crippen molar-refractivity contribution in [2.45, 2.75) is 13.8 Å². The van der Waals surface area contributed by atoms with Gasteiger partial charge in [0, 0.05) is 17.7 Å². The summed E-state index contributed by atoms with van der Waals surface area (Å²) in [5, 5.41) is 10.7. The molecule has 0 fully saturated rings. The topological polar surface area (TPSA) is 81.8 Å². The molecule has 0 aliphatic heterocycles. The third-order valence-corrected chi connectivity index (χ3v) is 2.17. The minimum atomic E-state index is -0.440. The zero-order chi connectivity index (χ0) is 12.4. The first-order valence-corrected chi connectivity index (χ1v) is 5.00. The molecule has 6 heteroatoms. The monoisotopic (exact) mass is 230 g/mol. The smallest absolute Gasteiger partial charge is 0.258 e. The van der Waals surface area contributed by atoms with E-state index in [1.54, 1.807) is 26.0 Å². The normalized spacial score (nSPS) is 10.2. The van der Waals surface area contributed by atoms with Crippen LogP contribution in [0.3, 0.4) is 0 Å². The Labute approximate surface area is 97.5 Å². The van der Waals surface area contributed by atoms with Crippen molar-refractivity contribution in [3.05, 3.63) is 46.0 Å². The Morgan fingerprint density at radius 3 is 2.35 bits per heavy atom. The van der Waals surface area contributed by atoms with Gasteiger partial charge in [0.1, 0.15) is 11.6 Å². The number of benzene rings is 1. The Kier molecular flexibility index (Phi) is 2.78. The van der Waals surface area contributed by atoms with Gasteiger partial charge in [0.2, 0.25) is 0 Å². The summed E-state index contributed by atoms with van der Waals surface area (Å²) < 4.78 is 0. The van der Waals surface area contributed by atoms with E-state index >= 15 is 0 Å². The Hall–Kier alpha value is -2.37. The van der Waals surface area contributed by atoms with Gasteiger partial charge in [0.05, 0.1) is 4.92 Å². The van der Waals surface area contributed by atoms with E-state index in [-0.39, 0.29) is 5.69 Å². The van der Waals surface area contributed by atoms with E-state index in [1.807, 2.05) is 0 Å².